The van der Waals surface area contributed by atoms with Crippen molar-refractivity contribution in [2.45, 2.75) is 186 Å². The molecule has 0 spiro atoms. The number of aromatic nitrogens is 2. The Morgan fingerprint density at radius 2 is 1.25 bits per heavy atom. The quantitative estimate of drug-likeness (QED) is 0.0266. The Morgan fingerprint density at radius 3 is 1.84 bits per heavy atom. The largest absolute Gasteiger partial charge is 0.470 e. The van der Waals surface area contributed by atoms with Crippen LogP contribution in [0.4, 0.5) is 5.82 Å². The number of esters is 8. The lowest BCUT2D eigenvalue weighted by atomic mass is 9.85. The number of unbranched alkanes of at least 4 members (excludes halogenated alkanes) is 1. The molecule has 2 fully saturated rings. The summed E-state index contributed by atoms with van der Waals surface area (Å²) in [7, 11) is 0. The zero-order chi connectivity index (χ0) is 58.9. The zero-order valence-electron chi connectivity index (χ0n) is 46.9. The van der Waals surface area contributed by atoms with Gasteiger partial charge in [0.25, 0.3) is 5.88 Å². The van der Waals surface area contributed by atoms with E-state index in [0.29, 0.717) is 70.6 Å². The molecular weight excluding hydrogens is 1070 g/mol. The highest BCUT2D eigenvalue weighted by molar-refractivity contribution is 6.99. The Kier molecular flexibility index (Phi) is 27.9. The molecule has 1 aromatic heterocycles. The second-order valence-corrected chi connectivity index (χ2v) is 21.4. The monoisotopic (exact) mass is 1150 g/mol. The lowest BCUT2D eigenvalue weighted by Crippen LogP contribution is -2.45. The predicted molar refractivity (Wildman–Crippen MR) is 285 cm³/mol. The van der Waals surface area contributed by atoms with Crippen molar-refractivity contribution >= 4 is 65.3 Å². The minimum atomic E-state index is -1.62. The summed E-state index contributed by atoms with van der Waals surface area (Å²) in [6.07, 6.45) is -3.92. The fraction of sp³-hybridized carbons (Fsp3) is 0.673. The van der Waals surface area contributed by atoms with Crippen LogP contribution < -0.4 is 15.0 Å². The van der Waals surface area contributed by atoms with Crippen LogP contribution in [0.15, 0.2) is 42.5 Å². The van der Waals surface area contributed by atoms with Crippen molar-refractivity contribution in [1.82, 2.24) is 14.1 Å². The molecule has 4 N–H and O–H groups in total. The van der Waals surface area contributed by atoms with E-state index < -0.39 is 116 Å². The summed E-state index contributed by atoms with van der Waals surface area (Å²) in [4.78, 5) is 103. The first-order valence-corrected chi connectivity index (χ1v) is 27.8. The van der Waals surface area contributed by atoms with Crippen LogP contribution in [-0.4, -0.2) is 172 Å². The summed E-state index contributed by atoms with van der Waals surface area (Å²) in [6, 6.07) is 9.88. The Morgan fingerprint density at radius 1 is 0.713 bits per heavy atom. The van der Waals surface area contributed by atoms with Crippen molar-refractivity contribution < 1.29 is 96.3 Å². The van der Waals surface area contributed by atoms with Gasteiger partial charge in [-0.2, -0.15) is 4.37 Å². The molecule has 1 aliphatic heterocycles. The first kappa shape index (κ1) is 66.4. The number of morpholine rings is 1. The molecular formula is C55H80N4O20S. The molecule has 25 heteroatoms. The zero-order valence-corrected chi connectivity index (χ0v) is 47.8. The van der Waals surface area contributed by atoms with Crippen LogP contribution >= 0.6 is 11.7 Å². The Labute approximate surface area is 470 Å². The molecule has 24 nitrogen and oxygen atoms in total. The van der Waals surface area contributed by atoms with Gasteiger partial charge in [-0.3, -0.25) is 14.4 Å². The van der Waals surface area contributed by atoms with Gasteiger partial charge in [0.1, 0.15) is 12.7 Å². The maximum Gasteiger partial charge on any atom is 0.347 e. The number of aliphatic hydroxyl groups excluding tert-OH is 3. The molecule has 2 aromatic rings. The summed E-state index contributed by atoms with van der Waals surface area (Å²) in [6.45, 7) is 13.9. The Bertz CT molecular complexity index is 2340. The van der Waals surface area contributed by atoms with Gasteiger partial charge in [0.05, 0.1) is 56.1 Å². The van der Waals surface area contributed by atoms with Gasteiger partial charge in [0.2, 0.25) is 5.82 Å². The number of nitrogens with one attached hydrogen (secondary N) is 1. The van der Waals surface area contributed by atoms with E-state index in [1.807, 2.05) is 68.2 Å². The normalized spacial score (nSPS) is 20.0. The van der Waals surface area contributed by atoms with Crippen molar-refractivity contribution in [3.63, 3.8) is 0 Å². The van der Waals surface area contributed by atoms with Gasteiger partial charge in [-0.25, -0.2) is 24.0 Å². The molecule has 6 unspecified atom stereocenters. The van der Waals surface area contributed by atoms with Gasteiger partial charge in [-0.15, -0.1) is 4.37 Å². The highest BCUT2D eigenvalue weighted by Crippen LogP contribution is 2.38. The van der Waals surface area contributed by atoms with Crippen molar-refractivity contribution in [2.75, 3.05) is 44.4 Å². The number of carbonyl (C=O) groups is 8. The molecule has 446 valence electrons. The molecule has 4 rings (SSSR count). The SMILES string of the molecule is CC(OC(=O)CCC(=O)OC(=O)CCC/C=C\C[C@H]1[C@H](CC[C@H](O)CCc2ccccc2)[C@@H](O)C[C@H]1O)C(=O)OC(C)C(=O)OC(C)C(=O)OC(C)C(=O)OC(C)C(=O)OC(CNC(C)(C)C)COc1nsnc1N1CCOCC1. The number of ether oxygens (including phenoxy) is 9. The predicted octanol–water partition coefficient (Wildman–Crippen LogP) is 3.81. The van der Waals surface area contributed by atoms with Crippen molar-refractivity contribution in [3.8, 4) is 5.88 Å². The van der Waals surface area contributed by atoms with Crippen LogP contribution in [-0.2, 0) is 82.7 Å². The lowest BCUT2D eigenvalue weighted by Gasteiger charge is -2.28. The van der Waals surface area contributed by atoms with Crippen LogP contribution in [0.5, 0.6) is 5.88 Å². The molecule has 0 amide bonds. The number of nitrogens with zero attached hydrogens (tertiary/aromatic N) is 3. The second kappa shape index (κ2) is 33.6. The average Bonchev–Trinajstić information content (AvgIpc) is 4.04. The van der Waals surface area contributed by atoms with Gasteiger partial charge in [0, 0.05) is 31.6 Å². The van der Waals surface area contributed by atoms with E-state index in [1.165, 1.54) is 13.8 Å². The number of aliphatic hydroxyl groups is 3. The molecule has 1 aliphatic carbocycles. The summed E-state index contributed by atoms with van der Waals surface area (Å²) < 4.78 is 55.8. The maximum absolute atomic E-state index is 13.1. The van der Waals surface area contributed by atoms with E-state index >= 15 is 0 Å². The number of hydrogen-bond donors (Lipinski definition) is 4. The fourth-order valence-corrected chi connectivity index (χ4v) is 8.90. The highest BCUT2D eigenvalue weighted by atomic mass is 32.1. The van der Waals surface area contributed by atoms with Crippen molar-refractivity contribution in [3.05, 3.63) is 48.0 Å². The number of allylic oxidation sites excluding steroid dienone is 2. The first-order chi connectivity index (χ1) is 37.9. The minimum Gasteiger partial charge on any atom is -0.470 e. The topological polar surface area (TPSA) is 321 Å². The third-order valence-electron chi connectivity index (χ3n) is 13.0. The fourth-order valence-electron chi connectivity index (χ4n) is 8.38. The standard InChI is InChI=1S/C55H80N4O20S/c1-33(73-46(64)24-25-47(65)79-45(63)19-15-10-9-14-18-41-42(44(62)30-43(41)61)23-22-39(60)21-20-38-16-12-11-13-17-38)50(66)74-34(2)51(67)75-35(3)52(68)76-36(4)53(69)77-37(5)54(70)78-40(31-56-55(6,7)8)32-72-49-48(57-80-58-49)59-26-28-71-29-27-59/h9,11-14,16-17,33-37,39-44,56,60-62H,10,15,18-32H2,1-8H3/b14-9-/t33?,34?,35?,36?,37?,39-,40?,41+,42+,43-,44+/m1/s1. The Balaban J connectivity index is 1.08. The molecule has 80 heavy (non-hydrogen) atoms. The summed E-state index contributed by atoms with van der Waals surface area (Å²) in [5, 5.41) is 35.0. The van der Waals surface area contributed by atoms with Gasteiger partial charge >= 0.3 is 47.8 Å². The average molecular weight is 1150 g/mol. The highest BCUT2D eigenvalue weighted by Gasteiger charge is 2.41. The number of benzene rings is 1. The van der Waals surface area contributed by atoms with Crippen molar-refractivity contribution in [1.29, 1.82) is 0 Å². The second-order valence-electron chi connectivity index (χ2n) is 20.8. The van der Waals surface area contributed by atoms with Crippen molar-refractivity contribution in [2.24, 2.45) is 11.8 Å². The van der Waals surface area contributed by atoms with E-state index in [1.54, 1.807) is 0 Å². The number of rotatable bonds is 32. The van der Waals surface area contributed by atoms with Crippen LogP contribution in [0.25, 0.3) is 0 Å². The molecule has 2 heterocycles. The third kappa shape index (κ3) is 23.9. The van der Waals surface area contributed by atoms with Gasteiger partial charge in [-0.05, 0) is 124 Å². The summed E-state index contributed by atoms with van der Waals surface area (Å²) in [5.41, 5.74) is 0.786. The number of aryl methyl sites for hydroxylation is 1. The summed E-state index contributed by atoms with van der Waals surface area (Å²) in [5.74, 6) is -7.92. The molecule has 1 saturated carbocycles. The molecule has 2 aliphatic rings. The van der Waals surface area contributed by atoms with E-state index in [9.17, 15) is 53.7 Å². The Hall–Kier alpha value is -6.12. The molecule has 1 saturated heterocycles. The molecule has 1 aromatic carbocycles. The lowest BCUT2D eigenvalue weighted by molar-refractivity contribution is -0.187. The number of carbonyl (C=O) groups excluding carboxylic acids is 8. The number of anilines is 1. The van der Waals surface area contributed by atoms with E-state index in [2.05, 4.69) is 14.1 Å². The van der Waals surface area contributed by atoms with Gasteiger partial charge in [-0.1, -0.05) is 42.5 Å². The molecule has 0 bridgehead atoms. The smallest absolute Gasteiger partial charge is 0.347 e. The third-order valence-corrected chi connectivity index (χ3v) is 13.5. The van der Waals surface area contributed by atoms with E-state index in [-0.39, 0.29) is 49.2 Å². The molecule has 11 atom stereocenters. The van der Waals surface area contributed by atoms with Gasteiger partial charge in [0.15, 0.2) is 30.5 Å². The van der Waals surface area contributed by atoms with Crippen LogP contribution in [0.2, 0.25) is 0 Å². The molecule has 0 radical (unpaired) electrons. The van der Waals surface area contributed by atoms with E-state index in [0.717, 1.165) is 44.5 Å². The minimum absolute atomic E-state index is 0.0915. The van der Waals surface area contributed by atoms with Crippen LogP contribution in [0, 0.1) is 11.8 Å². The van der Waals surface area contributed by atoms with Gasteiger partial charge < -0.3 is 68.2 Å². The maximum atomic E-state index is 13.1. The van der Waals surface area contributed by atoms with Crippen LogP contribution in [0.1, 0.15) is 125 Å². The van der Waals surface area contributed by atoms with Crippen LogP contribution in [0.3, 0.4) is 0 Å². The summed E-state index contributed by atoms with van der Waals surface area (Å²) >= 11 is 0.973. The number of hydrogen-bond acceptors (Lipinski definition) is 25. The first-order valence-electron chi connectivity index (χ1n) is 27.1. The van der Waals surface area contributed by atoms with E-state index in [4.69, 9.17) is 42.6 Å².